The minimum atomic E-state index is -0.189. The highest BCUT2D eigenvalue weighted by Crippen LogP contribution is 2.28. The average Bonchev–Trinajstić information content (AvgIpc) is 2.95. The third-order valence-corrected chi connectivity index (χ3v) is 3.85. The lowest BCUT2D eigenvalue weighted by Gasteiger charge is -2.13. The second-order valence-corrected chi connectivity index (χ2v) is 5.25. The van der Waals surface area contributed by atoms with Gasteiger partial charge in [-0.1, -0.05) is 30.8 Å². The summed E-state index contributed by atoms with van der Waals surface area (Å²) >= 11 is 1.44. The second kappa shape index (κ2) is 6.18. The van der Waals surface area contributed by atoms with E-state index < -0.39 is 0 Å². The highest BCUT2D eigenvalue weighted by Gasteiger charge is 2.09. The molecule has 0 aliphatic heterocycles. The van der Waals surface area contributed by atoms with E-state index in [0.717, 1.165) is 16.7 Å². The van der Waals surface area contributed by atoms with Crippen LogP contribution in [0.5, 0.6) is 0 Å². The van der Waals surface area contributed by atoms with E-state index in [4.69, 9.17) is 5.26 Å². The van der Waals surface area contributed by atoms with Crippen LogP contribution >= 0.6 is 11.3 Å². The van der Waals surface area contributed by atoms with E-state index in [0.29, 0.717) is 4.88 Å². The molecule has 0 spiro atoms. The van der Waals surface area contributed by atoms with Gasteiger partial charge >= 0.3 is 0 Å². The summed E-state index contributed by atoms with van der Waals surface area (Å²) in [5.74, 6) is -0.189. The molecule has 100 valence electrons. The third-order valence-electron chi connectivity index (χ3n) is 3.03. The number of thiophene rings is 1. The van der Waals surface area contributed by atoms with E-state index in [2.05, 4.69) is 18.0 Å². The summed E-state index contributed by atoms with van der Waals surface area (Å²) in [5.41, 5.74) is 2.97. The van der Waals surface area contributed by atoms with Gasteiger partial charge in [-0.25, -0.2) is 0 Å². The molecule has 0 unspecified atom stereocenters. The molecule has 0 saturated carbocycles. The zero-order chi connectivity index (χ0) is 14.5. The molecule has 1 N–H and O–H groups in total. The number of nitriles is 1. The summed E-state index contributed by atoms with van der Waals surface area (Å²) in [5, 5.41) is 13.8. The van der Waals surface area contributed by atoms with Crippen LogP contribution in [-0.2, 0) is 4.79 Å². The first kappa shape index (κ1) is 14.0. The summed E-state index contributed by atoms with van der Waals surface area (Å²) in [4.78, 5) is 12.0. The van der Waals surface area contributed by atoms with Gasteiger partial charge in [-0.05, 0) is 35.6 Å². The van der Waals surface area contributed by atoms with Crippen molar-refractivity contribution in [1.82, 2.24) is 5.32 Å². The molecule has 1 aromatic heterocycles. The van der Waals surface area contributed by atoms with Gasteiger partial charge in [0.25, 0.3) is 0 Å². The Morgan fingerprint density at radius 3 is 2.70 bits per heavy atom. The highest BCUT2D eigenvalue weighted by atomic mass is 32.1. The molecule has 0 aliphatic rings. The molecule has 0 radical (unpaired) electrons. The fraction of sp³-hybridized carbons (Fsp3) is 0.125. The molecule has 4 heteroatoms. The summed E-state index contributed by atoms with van der Waals surface area (Å²) < 4.78 is 0. The van der Waals surface area contributed by atoms with Crippen LogP contribution in [0, 0.1) is 11.3 Å². The van der Waals surface area contributed by atoms with E-state index in [9.17, 15) is 4.79 Å². The minimum absolute atomic E-state index is 0.0764. The van der Waals surface area contributed by atoms with E-state index in [1.54, 1.807) is 0 Å². The van der Waals surface area contributed by atoms with Crippen LogP contribution < -0.4 is 5.32 Å². The molecule has 1 heterocycles. The van der Waals surface area contributed by atoms with Gasteiger partial charge in [0.1, 0.15) is 10.9 Å². The molecule has 0 saturated heterocycles. The number of amides is 1. The zero-order valence-electron chi connectivity index (χ0n) is 11.1. The smallest absolute Gasteiger partial charge is 0.243 e. The standard InChI is InChI=1S/C16H14N2OS/c1-3-16(19)18-11(2)12-4-6-13(7-5-12)14-8-9-20-15(14)10-17/h3-9,11H,1H2,2H3,(H,18,19)/t11-/m1/s1. The predicted octanol–water partition coefficient (Wildman–Crippen LogP) is 3.65. The lowest BCUT2D eigenvalue weighted by molar-refractivity contribution is -0.117. The molecular formula is C16H14N2OS. The van der Waals surface area contributed by atoms with Gasteiger partial charge in [0.2, 0.25) is 5.91 Å². The van der Waals surface area contributed by atoms with Crippen molar-refractivity contribution in [3.63, 3.8) is 0 Å². The maximum Gasteiger partial charge on any atom is 0.243 e. The van der Waals surface area contributed by atoms with Gasteiger partial charge in [0.05, 0.1) is 6.04 Å². The number of carbonyl (C=O) groups excluding carboxylic acids is 1. The Morgan fingerprint density at radius 1 is 1.40 bits per heavy atom. The number of rotatable bonds is 4. The first-order chi connectivity index (χ1) is 9.65. The van der Waals surface area contributed by atoms with Gasteiger partial charge in [0, 0.05) is 5.56 Å². The van der Waals surface area contributed by atoms with Crippen molar-refractivity contribution in [3.05, 3.63) is 58.8 Å². The molecule has 2 rings (SSSR count). The number of hydrogen-bond acceptors (Lipinski definition) is 3. The van der Waals surface area contributed by atoms with Crippen LogP contribution in [0.15, 0.2) is 48.4 Å². The van der Waals surface area contributed by atoms with Crippen LogP contribution in [0.4, 0.5) is 0 Å². The number of carbonyl (C=O) groups is 1. The number of hydrogen-bond donors (Lipinski definition) is 1. The van der Waals surface area contributed by atoms with Crippen molar-refractivity contribution < 1.29 is 4.79 Å². The molecule has 2 aromatic rings. The Balaban J connectivity index is 2.20. The number of nitrogens with zero attached hydrogens (tertiary/aromatic N) is 1. The monoisotopic (exact) mass is 282 g/mol. The van der Waals surface area contributed by atoms with Gasteiger partial charge in [0.15, 0.2) is 0 Å². The second-order valence-electron chi connectivity index (χ2n) is 4.33. The molecular weight excluding hydrogens is 268 g/mol. The van der Waals surface area contributed by atoms with Crippen molar-refractivity contribution in [3.8, 4) is 17.2 Å². The summed E-state index contributed by atoms with van der Waals surface area (Å²) in [6, 6.07) is 11.9. The molecule has 0 aliphatic carbocycles. The number of benzene rings is 1. The van der Waals surface area contributed by atoms with Gasteiger partial charge in [-0.3, -0.25) is 4.79 Å². The molecule has 0 fully saturated rings. The van der Waals surface area contributed by atoms with Gasteiger partial charge in [-0.2, -0.15) is 5.26 Å². The van der Waals surface area contributed by atoms with E-state index in [-0.39, 0.29) is 11.9 Å². The number of nitrogens with one attached hydrogen (secondary N) is 1. The van der Waals surface area contributed by atoms with E-state index in [1.165, 1.54) is 17.4 Å². The lowest BCUT2D eigenvalue weighted by atomic mass is 10.0. The predicted molar refractivity (Wildman–Crippen MR) is 81.2 cm³/mol. The molecule has 20 heavy (non-hydrogen) atoms. The van der Waals surface area contributed by atoms with Crippen LogP contribution in [0.3, 0.4) is 0 Å². The van der Waals surface area contributed by atoms with Crippen LogP contribution in [-0.4, -0.2) is 5.91 Å². The third kappa shape index (κ3) is 2.95. The highest BCUT2D eigenvalue weighted by molar-refractivity contribution is 7.11. The van der Waals surface area contributed by atoms with Crippen LogP contribution in [0.2, 0.25) is 0 Å². The zero-order valence-corrected chi connectivity index (χ0v) is 11.9. The van der Waals surface area contributed by atoms with Crippen molar-refractivity contribution in [2.45, 2.75) is 13.0 Å². The van der Waals surface area contributed by atoms with Crippen molar-refractivity contribution >= 4 is 17.2 Å². The molecule has 3 nitrogen and oxygen atoms in total. The molecule has 0 bridgehead atoms. The normalized spacial score (nSPS) is 11.4. The Labute approximate surface area is 122 Å². The first-order valence-electron chi connectivity index (χ1n) is 6.16. The first-order valence-corrected chi connectivity index (χ1v) is 7.04. The van der Waals surface area contributed by atoms with Crippen molar-refractivity contribution in [1.29, 1.82) is 5.26 Å². The van der Waals surface area contributed by atoms with Crippen molar-refractivity contribution in [2.75, 3.05) is 0 Å². The fourth-order valence-corrected chi connectivity index (χ4v) is 2.64. The van der Waals surface area contributed by atoms with Gasteiger partial charge in [-0.15, -0.1) is 11.3 Å². The molecule has 1 amide bonds. The van der Waals surface area contributed by atoms with E-state index >= 15 is 0 Å². The summed E-state index contributed by atoms with van der Waals surface area (Å²) in [6.07, 6.45) is 1.26. The minimum Gasteiger partial charge on any atom is -0.346 e. The molecule has 1 atom stereocenters. The summed E-state index contributed by atoms with van der Waals surface area (Å²) in [6.45, 7) is 5.35. The van der Waals surface area contributed by atoms with Gasteiger partial charge < -0.3 is 5.32 Å². The lowest BCUT2D eigenvalue weighted by Crippen LogP contribution is -2.24. The SMILES string of the molecule is C=CC(=O)N[C@H](C)c1ccc(-c2ccsc2C#N)cc1. The van der Waals surface area contributed by atoms with E-state index in [1.807, 2.05) is 42.6 Å². The summed E-state index contributed by atoms with van der Waals surface area (Å²) in [7, 11) is 0. The molecule has 1 aromatic carbocycles. The topological polar surface area (TPSA) is 52.9 Å². The average molecular weight is 282 g/mol. The van der Waals surface area contributed by atoms with Crippen molar-refractivity contribution in [2.24, 2.45) is 0 Å². The maximum absolute atomic E-state index is 11.3. The Kier molecular flexibility index (Phi) is 4.34. The van der Waals surface area contributed by atoms with Crippen LogP contribution in [0.25, 0.3) is 11.1 Å². The quantitative estimate of drug-likeness (QED) is 0.870. The Hall–Kier alpha value is -2.38. The largest absolute Gasteiger partial charge is 0.346 e. The maximum atomic E-state index is 11.3. The fourth-order valence-electron chi connectivity index (χ4n) is 1.93. The van der Waals surface area contributed by atoms with Crippen LogP contribution in [0.1, 0.15) is 23.4 Å². The Bertz CT molecular complexity index is 665. The Morgan fingerprint density at radius 2 is 2.10 bits per heavy atom.